The normalized spacial score (nSPS) is 8.62. The molecule has 0 unspecified atom stereocenters. The molecular formula is C5H9NO2. The number of allylic oxidation sites excluding steroid dienone is 1. The van der Waals surface area contributed by atoms with E-state index in [1.54, 1.807) is 0 Å². The number of rotatable bonds is 4. The molecule has 46 valence electrons. The average Bonchev–Trinajstić information content (AvgIpc) is 1.83. The second kappa shape index (κ2) is 4.49. The van der Waals surface area contributed by atoms with Crippen LogP contribution in [-0.2, 0) is 9.63 Å². The second-order valence-electron chi connectivity index (χ2n) is 1.29. The van der Waals surface area contributed by atoms with Crippen LogP contribution in [0.15, 0.2) is 12.7 Å². The Kier molecular flexibility index (Phi) is 4.11. The van der Waals surface area contributed by atoms with Crippen molar-refractivity contribution in [3.05, 3.63) is 12.7 Å². The van der Waals surface area contributed by atoms with Crippen LogP contribution in [0.1, 0.15) is 6.42 Å². The van der Waals surface area contributed by atoms with Crippen molar-refractivity contribution in [2.75, 3.05) is 6.61 Å². The number of carbonyl (C=O) groups excluding carboxylic acids is 1. The molecule has 0 amide bonds. The van der Waals surface area contributed by atoms with E-state index in [0.717, 1.165) is 0 Å². The van der Waals surface area contributed by atoms with E-state index >= 15 is 0 Å². The first-order valence-electron chi connectivity index (χ1n) is 2.28. The maximum absolute atomic E-state index is 10.3. The fourth-order valence-corrected chi connectivity index (χ4v) is 0.262. The average molecular weight is 115 g/mol. The third-order valence-corrected chi connectivity index (χ3v) is 0.694. The summed E-state index contributed by atoms with van der Waals surface area (Å²) in [5.41, 5.74) is 0. The summed E-state index contributed by atoms with van der Waals surface area (Å²) in [4.78, 5) is 14.5. The molecule has 0 rings (SSSR count). The molecule has 3 heteroatoms. The maximum Gasteiger partial charge on any atom is 0.157 e. The van der Waals surface area contributed by atoms with Gasteiger partial charge in [-0.25, -0.2) is 5.90 Å². The third-order valence-electron chi connectivity index (χ3n) is 0.694. The van der Waals surface area contributed by atoms with Gasteiger partial charge in [-0.3, -0.25) is 4.79 Å². The number of hydrogen-bond acceptors (Lipinski definition) is 3. The number of hydrogen-bond donors (Lipinski definition) is 1. The van der Waals surface area contributed by atoms with Crippen molar-refractivity contribution in [3.63, 3.8) is 0 Å². The van der Waals surface area contributed by atoms with Gasteiger partial charge in [0.1, 0.15) is 0 Å². The number of nitrogens with two attached hydrogens (primary N) is 1. The Balaban J connectivity index is 3.11. The highest BCUT2D eigenvalue weighted by molar-refractivity contribution is 5.89. The molecule has 0 heterocycles. The number of carbonyl (C=O) groups is 1. The molecule has 0 aliphatic heterocycles. The SMILES string of the molecule is C=CC(=O)CCON. The van der Waals surface area contributed by atoms with Gasteiger partial charge in [-0.15, -0.1) is 0 Å². The van der Waals surface area contributed by atoms with Gasteiger partial charge in [-0.05, 0) is 6.08 Å². The minimum atomic E-state index is -0.0459. The highest BCUT2D eigenvalue weighted by Crippen LogP contribution is 1.81. The van der Waals surface area contributed by atoms with E-state index in [1.807, 2.05) is 0 Å². The van der Waals surface area contributed by atoms with Gasteiger partial charge in [-0.2, -0.15) is 0 Å². The summed E-state index contributed by atoms with van der Waals surface area (Å²) in [5.74, 6) is 4.60. The predicted molar refractivity (Wildman–Crippen MR) is 30.0 cm³/mol. The van der Waals surface area contributed by atoms with Crippen LogP contribution in [0.2, 0.25) is 0 Å². The smallest absolute Gasteiger partial charge is 0.157 e. The highest BCUT2D eigenvalue weighted by Gasteiger charge is 1.91. The van der Waals surface area contributed by atoms with Crippen LogP contribution in [0.3, 0.4) is 0 Å². The Morgan fingerprint density at radius 2 is 2.50 bits per heavy atom. The molecule has 0 fully saturated rings. The first kappa shape index (κ1) is 7.33. The fourth-order valence-electron chi connectivity index (χ4n) is 0.262. The van der Waals surface area contributed by atoms with Crippen LogP contribution in [-0.4, -0.2) is 12.4 Å². The minimum absolute atomic E-state index is 0.0459. The van der Waals surface area contributed by atoms with Crippen molar-refractivity contribution >= 4 is 5.78 Å². The molecule has 8 heavy (non-hydrogen) atoms. The van der Waals surface area contributed by atoms with Crippen molar-refractivity contribution in [2.24, 2.45) is 5.90 Å². The molecule has 0 saturated heterocycles. The molecule has 0 aromatic heterocycles. The van der Waals surface area contributed by atoms with E-state index in [0.29, 0.717) is 6.42 Å². The third kappa shape index (κ3) is 3.52. The Hall–Kier alpha value is -0.670. The van der Waals surface area contributed by atoms with Gasteiger partial charge >= 0.3 is 0 Å². The molecule has 0 spiro atoms. The Bertz CT molecular complexity index is 90.4. The molecule has 2 N–H and O–H groups in total. The van der Waals surface area contributed by atoms with Crippen molar-refractivity contribution < 1.29 is 9.63 Å². The second-order valence-corrected chi connectivity index (χ2v) is 1.29. The van der Waals surface area contributed by atoms with Crippen LogP contribution in [0.4, 0.5) is 0 Å². The molecule has 0 atom stereocenters. The standard InChI is InChI=1S/C5H9NO2/c1-2-5(7)3-4-8-6/h2H,1,3-4,6H2. The molecule has 0 aromatic rings. The van der Waals surface area contributed by atoms with Gasteiger partial charge in [0.05, 0.1) is 6.61 Å². The highest BCUT2D eigenvalue weighted by atomic mass is 16.6. The van der Waals surface area contributed by atoms with E-state index in [1.165, 1.54) is 6.08 Å². The minimum Gasteiger partial charge on any atom is -0.304 e. The van der Waals surface area contributed by atoms with Crippen LogP contribution in [0.5, 0.6) is 0 Å². The Morgan fingerprint density at radius 1 is 1.88 bits per heavy atom. The first-order chi connectivity index (χ1) is 3.81. The van der Waals surface area contributed by atoms with Crippen LogP contribution >= 0.6 is 0 Å². The lowest BCUT2D eigenvalue weighted by Gasteiger charge is -1.90. The maximum atomic E-state index is 10.3. The van der Waals surface area contributed by atoms with Gasteiger partial charge in [0, 0.05) is 6.42 Å². The van der Waals surface area contributed by atoms with E-state index in [9.17, 15) is 4.79 Å². The van der Waals surface area contributed by atoms with Crippen molar-refractivity contribution in [1.29, 1.82) is 0 Å². The number of ketones is 1. The molecule has 0 saturated carbocycles. The summed E-state index contributed by atoms with van der Waals surface area (Å²) in [5, 5.41) is 0. The van der Waals surface area contributed by atoms with E-state index in [-0.39, 0.29) is 12.4 Å². The van der Waals surface area contributed by atoms with Gasteiger partial charge in [0.25, 0.3) is 0 Å². The monoisotopic (exact) mass is 115 g/mol. The van der Waals surface area contributed by atoms with Crippen LogP contribution in [0.25, 0.3) is 0 Å². The lowest BCUT2D eigenvalue weighted by atomic mass is 10.3. The topological polar surface area (TPSA) is 52.3 Å². The summed E-state index contributed by atoms with van der Waals surface area (Å²) >= 11 is 0. The lowest BCUT2D eigenvalue weighted by molar-refractivity contribution is -0.115. The molecule has 0 aromatic carbocycles. The van der Waals surface area contributed by atoms with E-state index in [4.69, 9.17) is 0 Å². The van der Waals surface area contributed by atoms with Gasteiger partial charge in [0.2, 0.25) is 0 Å². The predicted octanol–water partition coefficient (Wildman–Crippen LogP) is 0.0219. The summed E-state index contributed by atoms with van der Waals surface area (Å²) in [6, 6.07) is 0. The van der Waals surface area contributed by atoms with Crippen LogP contribution in [0, 0.1) is 0 Å². The first-order valence-corrected chi connectivity index (χ1v) is 2.28. The van der Waals surface area contributed by atoms with Crippen molar-refractivity contribution in [1.82, 2.24) is 0 Å². The van der Waals surface area contributed by atoms with Gasteiger partial charge < -0.3 is 4.84 Å². The van der Waals surface area contributed by atoms with Gasteiger partial charge in [-0.1, -0.05) is 6.58 Å². The summed E-state index contributed by atoms with van der Waals surface area (Å²) in [6.45, 7) is 3.54. The molecule has 0 aliphatic carbocycles. The Labute approximate surface area is 48.1 Å². The quantitative estimate of drug-likeness (QED) is 0.415. The Morgan fingerprint density at radius 3 is 2.88 bits per heavy atom. The van der Waals surface area contributed by atoms with Gasteiger partial charge in [0.15, 0.2) is 5.78 Å². The molecular weight excluding hydrogens is 106 g/mol. The molecule has 0 radical (unpaired) electrons. The van der Waals surface area contributed by atoms with Crippen LogP contribution < -0.4 is 5.90 Å². The lowest BCUT2D eigenvalue weighted by Crippen LogP contribution is -2.04. The fraction of sp³-hybridized carbons (Fsp3) is 0.400. The van der Waals surface area contributed by atoms with Crippen molar-refractivity contribution in [2.45, 2.75) is 6.42 Å². The summed E-state index contributed by atoms with van der Waals surface area (Å²) < 4.78 is 0. The zero-order valence-corrected chi connectivity index (χ0v) is 4.59. The molecule has 0 bridgehead atoms. The zero-order valence-electron chi connectivity index (χ0n) is 4.59. The summed E-state index contributed by atoms with van der Waals surface area (Å²) in [7, 11) is 0. The molecule has 0 aliphatic rings. The summed E-state index contributed by atoms with van der Waals surface area (Å²) in [6.07, 6.45) is 1.57. The largest absolute Gasteiger partial charge is 0.304 e. The van der Waals surface area contributed by atoms with E-state index < -0.39 is 0 Å². The zero-order chi connectivity index (χ0) is 6.41. The molecule has 3 nitrogen and oxygen atoms in total. The van der Waals surface area contributed by atoms with Crippen molar-refractivity contribution in [3.8, 4) is 0 Å². The van der Waals surface area contributed by atoms with E-state index in [2.05, 4.69) is 17.3 Å².